The third-order valence-electron chi connectivity index (χ3n) is 7.44. The summed E-state index contributed by atoms with van der Waals surface area (Å²) in [4.78, 5) is 28.7. The highest BCUT2D eigenvalue weighted by molar-refractivity contribution is 6.09. The molecule has 4 heterocycles. The highest BCUT2D eigenvalue weighted by atomic mass is 19.1. The van der Waals surface area contributed by atoms with E-state index in [4.69, 9.17) is 0 Å². The van der Waals surface area contributed by atoms with Crippen LogP contribution in [0, 0.1) is 18.6 Å². The Bertz CT molecular complexity index is 1770. The van der Waals surface area contributed by atoms with Crippen molar-refractivity contribution in [3.63, 3.8) is 0 Å². The second-order valence-corrected chi connectivity index (χ2v) is 9.68. The maximum Gasteiger partial charge on any atom is 0.295 e. The largest absolute Gasteiger partial charge is 0.364 e. The lowest BCUT2D eigenvalue weighted by molar-refractivity contribution is 0.102. The van der Waals surface area contributed by atoms with Crippen molar-refractivity contribution in [2.24, 2.45) is 7.05 Å². The fourth-order valence-corrected chi connectivity index (χ4v) is 5.39. The number of fused-ring (bicyclic) bond motifs is 1. The minimum atomic E-state index is -0.481. The number of amides is 1. The lowest BCUT2D eigenvalue weighted by atomic mass is 10.0. The van der Waals surface area contributed by atoms with Crippen LogP contribution in [0.25, 0.3) is 11.2 Å². The Morgan fingerprint density at radius 3 is 2.64 bits per heavy atom. The van der Waals surface area contributed by atoms with E-state index in [2.05, 4.69) is 10.4 Å². The van der Waals surface area contributed by atoms with Crippen molar-refractivity contribution in [1.29, 1.82) is 0 Å². The van der Waals surface area contributed by atoms with Crippen molar-refractivity contribution in [3.8, 4) is 5.69 Å². The summed E-state index contributed by atoms with van der Waals surface area (Å²) in [5, 5.41) is 7.10. The number of hydrogen-bond donors (Lipinski definition) is 1. The third kappa shape index (κ3) is 4.18. The Morgan fingerprint density at radius 1 is 1.05 bits per heavy atom. The molecule has 3 aromatic heterocycles. The van der Waals surface area contributed by atoms with Gasteiger partial charge in [-0.3, -0.25) is 14.3 Å². The molecular formula is C29H26F2N6O2. The van der Waals surface area contributed by atoms with Crippen molar-refractivity contribution >= 4 is 22.8 Å². The van der Waals surface area contributed by atoms with Crippen LogP contribution < -0.4 is 15.8 Å². The molecule has 0 aliphatic carbocycles. The number of nitrogens with one attached hydrogen (secondary N) is 1. The highest BCUT2D eigenvalue weighted by Gasteiger charge is 2.29. The predicted molar refractivity (Wildman–Crippen MR) is 145 cm³/mol. The number of pyridine rings is 1. The number of para-hydroxylation sites is 1. The van der Waals surface area contributed by atoms with E-state index in [1.165, 1.54) is 16.9 Å². The van der Waals surface area contributed by atoms with Crippen LogP contribution in [0.4, 0.5) is 20.2 Å². The van der Waals surface area contributed by atoms with Gasteiger partial charge in [-0.1, -0.05) is 18.2 Å². The molecule has 0 radical (unpaired) electrons. The predicted octanol–water partition coefficient (Wildman–Crippen LogP) is 5.00. The maximum atomic E-state index is 14.6. The first-order valence-electron chi connectivity index (χ1n) is 12.7. The number of benzene rings is 2. The molecule has 6 rings (SSSR count). The summed E-state index contributed by atoms with van der Waals surface area (Å²) < 4.78 is 33.3. The minimum Gasteiger partial charge on any atom is -0.364 e. The van der Waals surface area contributed by atoms with E-state index in [1.54, 1.807) is 29.4 Å². The smallest absolute Gasteiger partial charge is 0.295 e. The van der Waals surface area contributed by atoms with Crippen molar-refractivity contribution in [2.45, 2.75) is 25.8 Å². The molecule has 1 saturated heterocycles. The van der Waals surface area contributed by atoms with Crippen LogP contribution in [0.5, 0.6) is 0 Å². The van der Waals surface area contributed by atoms with Gasteiger partial charge < -0.3 is 10.2 Å². The number of nitrogens with zero attached hydrogens (tertiary/aromatic N) is 5. The van der Waals surface area contributed by atoms with E-state index in [0.717, 1.165) is 24.2 Å². The van der Waals surface area contributed by atoms with Crippen molar-refractivity contribution < 1.29 is 13.6 Å². The van der Waals surface area contributed by atoms with Crippen molar-refractivity contribution in [3.05, 3.63) is 112 Å². The number of aromatic nitrogens is 4. The molecule has 0 bridgehead atoms. The molecule has 10 heteroatoms. The summed E-state index contributed by atoms with van der Waals surface area (Å²) in [7, 11) is 1.76. The maximum absolute atomic E-state index is 14.6. The van der Waals surface area contributed by atoms with Crippen LogP contribution >= 0.6 is 0 Å². The Morgan fingerprint density at radius 2 is 1.85 bits per heavy atom. The first kappa shape index (κ1) is 24.6. The molecule has 198 valence electrons. The van der Waals surface area contributed by atoms with Crippen LogP contribution in [-0.4, -0.2) is 31.4 Å². The molecule has 39 heavy (non-hydrogen) atoms. The summed E-state index contributed by atoms with van der Waals surface area (Å²) >= 11 is 0. The molecule has 2 aromatic carbocycles. The Labute approximate surface area is 222 Å². The molecule has 1 aliphatic heterocycles. The zero-order valence-corrected chi connectivity index (χ0v) is 21.4. The van der Waals surface area contributed by atoms with E-state index < -0.39 is 17.5 Å². The van der Waals surface area contributed by atoms with Gasteiger partial charge in [-0.05, 0) is 62.2 Å². The molecule has 1 N–H and O–H groups in total. The van der Waals surface area contributed by atoms with Gasteiger partial charge in [0.05, 0.1) is 34.7 Å². The third-order valence-corrected chi connectivity index (χ3v) is 7.44. The first-order chi connectivity index (χ1) is 18.8. The van der Waals surface area contributed by atoms with Crippen LogP contribution in [0.15, 0.2) is 77.9 Å². The monoisotopic (exact) mass is 528 g/mol. The van der Waals surface area contributed by atoms with Gasteiger partial charge in [0.25, 0.3) is 11.5 Å². The van der Waals surface area contributed by atoms with Gasteiger partial charge in [-0.2, -0.15) is 5.10 Å². The van der Waals surface area contributed by atoms with Crippen LogP contribution in [-0.2, 0) is 7.05 Å². The second-order valence-electron chi connectivity index (χ2n) is 9.68. The molecule has 1 aliphatic rings. The summed E-state index contributed by atoms with van der Waals surface area (Å²) in [6.07, 6.45) is 4.68. The van der Waals surface area contributed by atoms with Gasteiger partial charge in [0.1, 0.15) is 17.3 Å². The standard InChI is InChI=1S/C29H26F2N6O2/c1-18-27(29(39)37(34(18)2)20-7-4-3-5-8-20)33-28(38)23-17-32-36-14-12-21(16-26(23)36)35-13-6-9-25(35)22-15-19(30)10-11-24(22)31/h3-5,7-8,10-12,14-17,25H,6,9,13H2,1-2H3,(H,33,38)/t25-/m1/s1. The minimum absolute atomic E-state index is 0.183. The van der Waals surface area contributed by atoms with Gasteiger partial charge in [0.15, 0.2) is 0 Å². The average Bonchev–Trinajstić information content (AvgIpc) is 3.64. The summed E-state index contributed by atoms with van der Waals surface area (Å²) in [5.74, 6) is -1.40. The molecule has 0 spiro atoms. The topological polar surface area (TPSA) is 76.6 Å². The van der Waals surface area contributed by atoms with Crippen molar-refractivity contribution in [2.75, 3.05) is 16.8 Å². The number of anilines is 2. The number of hydrogen-bond acceptors (Lipinski definition) is 4. The lowest BCUT2D eigenvalue weighted by Gasteiger charge is -2.27. The Kier molecular flexibility index (Phi) is 6.02. The number of halogens is 2. The fourth-order valence-electron chi connectivity index (χ4n) is 5.39. The number of carbonyl (C=O) groups is 1. The number of carbonyl (C=O) groups excluding carboxylic acids is 1. The molecular weight excluding hydrogens is 502 g/mol. The van der Waals surface area contributed by atoms with E-state index in [-0.39, 0.29) is 17.3 Å². The van der Waals surface area contributed by atoms with Crippen LogP contribution in [0.2, 0.25) is 0 Å². The van der Waals surface area contributed by atoms with E-state index in [9.17, 15) is 18.4 Å². The molecule has 1 atom stereocenters. The van der Waals surface area contributed by atoms with E-state index in [0.29, 0.717) is 41.0 Å². The lowest BCUT2D eigenvalue weighted by Crippen LogP contribution is -2.24. The van der Waals surface area contributed by atoms with E-state index in [1.807, 2.05) is 47.4 Å². The fraction of sp³-hybridized carbons (Fsp3) is 0.207. The Hall–Kier alpha value is -4.73. The molecule has 0 saturated carbocycles. The Balaban J connectivity index is 1.34. The van der Waals surface area contributed by atoms with Gasteiger partial charge in [0, 0.05) is 31.0 Å². The zero-order valence-electron chi connectivity index (χ0n) is 21.4. The van der Waals surface area contributed by atoms with Crippen LogP contribution in [0.3, 0.4) is 0 Å². The zero-order chi connectivity index (χ0) is 27.3. The summed E-state index contributed by atoms with van der Waals surface area (Å²) in [6, 6.07) is 16.0. The van der Waals surface area contributed by atoms with E-state index >= 15 is 0 Å². The summed E-state index contributed by atoms with van der Waals surface area (Å²) in [5.41, 5.74) is 3.03. The van der Waals surface area contributed by atoms with Crippen molar-refractivity contribution in [1.82, 2.24) is 19.0 Å². The second kappa shape index (κ2) is 9.54. The van der Waals surface area contributed by atoms with Gasteiger partial charge >= 0.3 is 0 Å². The van der Waals surface area contributed by atoms with Gasteiger partial charge in [-0.15, -0.1) is 0 Å². The average molecular weight is 529 g/mol. The molecule has 1 fully saturated rings. The quantitative estimate of drug-likeness (QED) is 0.348. The number of rotatable bonds is 5. The summed E-state index contributed by atoms with van der Waals surface area (Å²) in [6.45, 7) is 2.43. The van der Waals surface area contributed by atoms with Gasteiger partial charge in [0.2, 0.25) is 0 Å². The molecule has 0 unspecified atom stereocenters. The highest BCUT2D eigenvalue weighted by Crippen LogP contribution is 2.38. The van der Waals surface area contributed by atoms with Gasteiger partial charge in [-0.25, -0.2) is 18.0 Å². The van der Waals surface area contributed by atoms with Crippen LogP contribution in [0.1, 0.15) is 40.5 Å². The molecule has 8 nitrogen and oxygen atoms in total. The normalized spacial score (nSPS) is 15.3. The first-order valence-corrected chi connectivity index (χ1v) is 12.7. The molecule has 1 amide bonds. The molecule has 5 aromatic rings. The SMILES string of the molecule is Cc1c(NC(=O)c2cnn3ccc(N4CCC[C@@H]4c4cc(F)ccc4F)cc23)c(=O)n(-c2ccccc2)n1C.